The summed E-state index contributed by atoms with van der Waals surface area (Å²) in [6, 6.07) is 0. The predicted molar refractivity (Wildman–Crippen MR) is 39.2 cm³/mol. The SMILES string of the molecule is CC/C=N\N(N)/C=N\C. The van der Waals surface area contributed by atoms with Gasteiger partial charge in [-0.1, -0.05) is 6.92 Å². The van der Waals surface area contributed by atoms with Crippen LogP contribution in [0.3, 0.4) is 0 Å². The standard InChI is InChI=1S/C5H12N4/c1-3-4-8-9(6)5-7-2/h4-5H,3,6H2,1-2H3/b7-5-,8-4-. The molecule has 0 radical (unpaired) electrons. The number of nitrogens with zero attached hydrogens (tertiary/aromatic N) is 3. The maximum Gasteiger partial charge on any atom is 0.124 e. The monoisotopic (exact) mass is 128 g/mol. The molecular weight excluding hydrogens is 116 g/mol. The predicted octanol–water partition coefficient (Wildman–Crippen LogP) is 0.216. The van der Waals surface area contributed by atoms with Gasteiger partial charge in [0.1, 0.15) is 6.34 Å². The lowest BCUT2D eigenvalue weighted by Gasteiger charge is -2.01. The average molecular weight is 128 g/mol. The van der Waals surface area contributed by atoms with Gasteiger partial charge < -0.3 is 0 Å². The molecule has 4 heteroatoms. The van der Waals surface area contributed by atoms with E-state index in [9.17, 15) is 0 Å². The smallest absolute Gasteiger partial charge is 0.124 e. The molecule has 0 aliphatic rings. The minimum absolute atomic E-state index is 0.880. The van der Waals surface area contributed by atoms with E-state index >= 15 is 0 Å². The molecule has 52 valence electrons. The van der Waals surface area contributed by atoms with E-state index in [1.807, 2.05) is 6.92 Å². The van der Waals surface area contributed by atoms with Crippen LogP contribution < -0.4 is 5.84 Å². The van der Waals surface area contributed by atoms with Crippen LogP contribution in [0, 0.1) is 0 Å². The van der Waals surface area contributed by atoms with Gasteiger partial charge in [-0.05, 0) is 6.42 Å². The van der Waals surface area contributed by atoms with Crippen LogP contribution in [0.25, 0.3) is 0 Å². The number of hydrazone groups is 1. The number of aliphatic imine (C=N–C) groups is 1. The van der Waals surface area contributed by atoms with Crippen molar-refractivity contribution >= 4 is 12.6 Å². The molecule has 4 nitrogen and oxygen atoms in total. The third kappa shape index (κ3) is 4.96. The summed E-state index contributed by atoms with van der Waals surface area (Å²) in [7, 11) is 1.64. The van der Waals surface area contributed by atoms with E-state index < -0.39 is 0 Å². The second kappa shape index (κ2) is 5.24. The fraction of sp³-hybridized carbons (Fsp3) is 0.600. The van der Waals surface area contributed by atoms with Crippen molar-refractivity contribution in [3.8, 4) is 0 Å². The van der Waals surface area contributed by atoms with Crippen molar-refractivity contribution in [1.29, 1.82) is 0 Å². The Balaban J connectivity index is 3.48. The Morgan fingerprint density at radius 1 is 1.67 bits per heavy atom. The Morgan fingerprint density at radius 2 is 2.33 bits per heavy atom. The summed E-state index contributed by atoms with van der Waals surface area (Å²) in [6.07, 6.45) is 4.03. The highest BCUT2D eigenvalue weighted by Gasteiger charge is 1.78. The molecule has 2 N–H and O–H groups in total. The minimum atomic E-state index is 0.880. The summed E-state index contributed by atoms with van der Waals surface area (Å²) < 4.78 is 0. The molecule has 0 aromatic rings. The zero-order chi connectivity index (χ0) is 7.11. The maximum absolute atomic E-state index is 5.26. The van der Waals surface area contributed by atoms with Crippen LogP contribution in [0.2, 0.25) is 0 Å². The van der Waals surface area contributed by atoms with Crippen molar-refractivity contribution in [2.45, 2.75) is 13.3 Å². The third-order valence-electron chi connectivity index (χ3n) is 0.631. The topological polar surface area (TPSA) is 54.0 Å². The van der Waals surface area contributed by atoms with Crippen molar-refractivity contribution in [3.05, 3.63) is 0 Å². The molecule has 0 fully saturated rings. The number of hydrogen-bond donors (Lipinski definition) is 1. The molecule has 0 amide bonds. The first-order valence-electron chi connectivity index (χ1n) is 2.80. The van der Waals surface area contributed by atoms with Gasteiger partial charge in [0.05, 0.1) is 0 Å². The average Bonchev–Trinajstić information content (AvgIpc) is 1.85. The molecule has 9 heavy (non-hydrogen) atoms. The fourth-order valence-electron chi connectivity index (χ4n) is 0.324. The first kappa shape index (κ1) is 8.10. The summed E-state index contributed by atoms with van der Waals surface area (Å²) >= 11 is 0. The van der Waals surface area contributed by atoms with Crippen LogP contribution >= 0.6 is 0 Å². The molecule has 0 saturated carbocycles. The van der Waals surface area contributed by atoms with Gasteiger partial charge in [-0.25, -0.2) is 5.84 Å². The summed E-state index contributed by atoms with van der Waals surface area (Å²) in [5, 5.41) is 4.94. The van der Waals surface area contributed by atoms with Crippen molar-refractivity contribution in [3.63, 3.8) is 0 Å². The number of rotatable bonds is 3. The van der Waals surface area contributed by atoms with Crippen LogP contribution in [0.5, 0.6) is 0 Å². The molecule has 0 aromatic heterocycles. The van der Waals surface area contributed by atoms with Gasteiger partial charge in [0.25, 0.3) is 0 Å². The Kier molecular flexibility index (Phi) is 4.72. The van der Waals surface area contributed by atoms with E-state index in [2.05, 4.69) is 10.1 Å². The molecule has 0 bridgehead atoms. The quantitative estimate of drug-likeness (QED) is 0.256. The summed E-state index contributed by atoms with van der Waals surface area (Å²) in [5.41, 5.74) is 0. The van der Waals surface area contributed by atoms with Gasteiger partial charge >= 0.3 is 0 Å². The molecule has 0 atom stereocenters. The largest absolute Gasteiger partial charge is 0.276 e. The van der Waals surface area contributed by atoms with E-state index in [0.29, 0.717) is 0 Å². The number of nitrogens with two attached hydrogens (primary N) is 1. The highest BCUT2D eigenvalue weighted by atomic mass is 15.6. The van der Waals surface area contributed by atoms with Crippen LogP contribution in [-0.2, 0) is 0 Å². The van der Waals surface area contributed by atoms with Crippen molar-refractivity contribution < 1.29 is 0 Å². The van der Waals surface area contributed by atoms with Crippen LogP contribution in [0.4, 0.5) is 0 Å². The number of hydrogen-bond acceptors (Lipinski definition) is 3. The molecule has 0 rings (SSSR count). The molecule has 0 saturated heterocycles. The highest BCUT2D eigenvalue weighted by Crippen LogP contribution is 1.72. The highest BCUT2D eigenvalue weighted by molar-refractivity contribution is 5.60. The van der Waals surface area contributed by atoms with Gasteiger partial charge in [-0.15, -0.1) is 0 Å². The molecule has 0 heterocycles. The Labute approximate surface area is 55.0 Å². The first-order valence-corrected chi connectivity index (χ1v) is 2.80. The van der Waals surface area contributed by atoms with E-state index in [1.54, 1.807) is 13.3 Å². The van der Waals surface area contributed by atoms with Gasteiger partial charge in [-0.3, -0.25) is 4.99 Å². The van der Waals surface area contributed by atoms with Crippen molar-refractivity contribution in [2.24, 2.45) is 15.9 Å². The van der Waals surface area contributed by atoms with Crippen LogP contribution in [0.1, 0.15) is 13.3 Å². The van der Waals surface area contributed by atoms with E-state index in [0.717, 1.165) is 6.42 Å². The lowest BCUT2D eigenvalue weighted by Crippen LogP contribution is -2.22. The maximum atomic E-state index is 5.26. The van der Waals surface area contributed by atoms with E-state index in [4.69, 9.17) is 5.84 Å². The molecule has 0 aliphatic carbocycles. The van der Waals surface area contributed by atoms with E-state index in [-0.39, 0.29) is 0 Å². The lowest BCUT2D eigenvalue weighted by atomic mass is 10.6. The zero-order valence-electron chi connectivity index (χ0n) is 5.78. The third-order valence-corrected chi connectivity index (χ3v) is 0.631. The summed E-state index contributed by atoms with van der Waals surface area (Å²) in [5.74, 6) is 5.26. The first-order chi connectivity index (χ1) is 4.31. The zero-order valence-corrected chi connectivity index (χ0v) is 5.78. The Bertz CT molecular complexity index is 108. The van der Waals surface area contributed by atoms with Crippen molar-refractivity contribution in [1.82, 2.24) is 5.12 Å². The van der Waals surface area contributed by atoms with Gasteiger partial charge in [0.15, 0.2) is 0 Å². The lowest BCUT2D eigenvalue weighted by molar-refractivity contribution is 0.486. The van der Waals surface area contributed by atoms with Gasteiger partial charge in [0, 0.05) is 13.3 Å². The molecule has 0 spiro atoms. The second-order valence-corrected chi connectivity index (χ2v) is 1.46. The molecule has 0 aliphatic heterocycles. The van der Waals surface area contributed by atoms with Crippen molar-refractivity contribution in [2.75, 3.05) is 7.05 Å². The summed E-state index contributed by atoms with van der Waals surface area (Å²) in [4.78, 5) is 3.65. The molecule has 0 unspecified atom stereocenters. The fourth-order valence-corrected chi connectivity index (χ4v) is 0.324. The minimum Gasteiger partial charge on any atom is -0.276 e. The van der Waals surface area contributed by atoms with Gasteiger partial charge in [0.2, 0.25) is 0 Å². The van der Waals surface area contributed by atoms with Crippen LogP contribution in [0.15, 0.2) is 10.1 Å². The normalized spacial score (nSPS) is 11.4. The Morgan fingerprint density at radius 3 is 2.78 bits per heavy atom. The second-order valence-electron chi connectivity index (χ2n) is 1.46. The Hall–Kier alpha value is -0.900. The van der Waals surface area contributed by atoms with Crippen LogP contribution in [-0.4, -0.2) is 24.7 Å². The van der Waals surface area contributed by atoms with Gasteiger partial charge in [-0.2, -0.15) is 10.2 Å². The summed E-state index contributed by atoms with van der Waals surface area (Å²) in [6.45, 7) is 1.99. The van der Waals surface area contributed by atoms with E-state index in [1.165, 1.54) is 11.5 Å². The molecular formula is C5H12N4. The molecule has 0 aromatic carbocycles. The number of hydrazine groups is 1.